The van der Waals surface area contributed by atoms with Crippen molar-refractivity contribution in [3.63, 3.8) is 0 Å². The summed E-state index contributed by atoms with van der Waals surface area (Å²) < 4.78 is 0. The van der Waals surface area contributed by atoms with E-state index in [-0.39, 0.29) is 0 Å². The van der Waals surface area contributed by atoms with Crippen LogP contribution in [-0.4, -0.2) is 74.2 Å². The van der Waals surface area contributed by atoms with Crippen LogP contribution in [0.15, 0.2) is 4.99 Å². The quantitative estimate of drug-likeness (QED) is 0.360. The van der Waals surface area contributed by atoms with E-state index < -0.39 is 0 Å². The van der Waals surface area contributed by atoms with Gasteiger partial charge in [-0.1, -0.05) is 0 Å². The predicted octanol–water partition coefficient (Wildman–Crippen LogP) is 2.78. The SMILES string of the molecule is CCNC(=NCCCN(C(C)C)C(C)C)NCCC1CCN(C)CC1. The summed E-state index contributed by atoms with van der Waals surface area (Å²) in [5.41, 5.74) is 0. The molecular weight excluding hydrogens is 310 g/mol. The third-order valence-corrected chi connectivity index (χ3v) is 5.20. The van der Waals surface area contributed by atoms with Gasteiger partial charge in [0.2, 0.25) is 0 Å². The Hall–Kier alpha value is -0.810. The Bertz CT molecular complexity index is 351. The van der Waals surface area contributed by atoms with Crippen LogP contribution in [0.5, 0.6) is 0 Å². The Morgan fingerprint density at radius 1 is 1.12 bits per heavy atom. The lowest BCUT2D eigenvalue weighted by Crippen LogP contribution is -2.40. The average Bonchev–Trinajstić information content (AvgIpc) is 2.55. The number of rotatable bonds is 10. The van der Waals surface area contributed by atoms with Gasteiger partial charge in [-0.3, -0.25) is 9.89 Å². The molecule has 0 bridgehead atoms. The molecule has 0 saturated carbocycles. The van der Waals surface area contributed by atoms with E-state index in [1.54, 1.807) is 0 Å². The van der Waals surface area contributed by atoms with Crippen LogP contribution < -0.4 is 10.6 Å². The van der Waals surface area contributed by atoms with Crippen molar-refractivity contribution in [2.75, 3.05) is 46.3 Å². The summed E-state index contributed by atoms with van der Waals surface area (Å²) in [5.74, 6) is 1.85. The fraction of sp³-hybridized carbons (Fsp3) is 0.950. The zero-order valence-electron chi connectivity index (χ0n) is 17.6. The minimum atomic E-state index is 0.602. The number of likely N-dealkylation sites (tertiary alicyclic amines) is 1. The van der Waals surface area contributed by atoms with E-state index in [0.717, 1.165) is 44.5 Å². The van der Waals surface area contributed by atoms with Gasteiger partial charge in [0, 0.05) is 38.3 Å². The summed E-state index contributed by atoms with van der Waals surface area (Å²) in [5, 5.41) is 6.90. The van der Waals surface area contributed by atoms with Crippen molar-refractivity contribution < 1.29 is 0 Å². The fourth-order valence-electron chi connectivity index (χ4n) is 3.64. The van der Waals surface area contributed by atoms with Gasteiger partial charge in [0.05, 0.1) is 0 Å². The highest BCUT2D eigenvalue weighted by molar-refractivity contribution is 5.79. The molecule has 1 fully saturated rings. The van der Waals surface area contributed by atoms with E-state index in [9.17, 15) is 0 Å². The molecular formula is C20H43N5. The summed E-state index contributed by atoms with van der Waals surface area (Å²) in [6.07, 6.45) is 5.05. The standard InChI is InChI=1S/C20H43N5/c1-7-21-20(22-12-8-14-25(17(2)3)18(4)5)23-13-9-19-10-15-24(6)16-11-19/h17-19H,7-16H2,1-6H3,(H2,21,22,23). The molecule has 5 heteroatoms. The molecule has 0 amide bonds. The molecule has 25 heavy (non-hydrogen) atoms. The van der Waals surface area contributed by atoms with Crippen LogP contribution in [0.2, 0.25) is 0 Å². The molecule has 0 unspecified atom stereocenters. The van der Waals surface area contributed by atoms with Crippen molar-refractivity contribution in [2.24, 2.45) is 10.9 Å². The zero-order valence-corrected chi connectivity index (χ0v) is 17.6. The van der Waals surface area contributed by atoms with Crippen molar-refractivity contribution >= 4 is 5.96 Å². The maximum atomic E-state index is 4.76. The first kappa shape index (κ1) is 22.2. The molecule has 1 saturated heterocycles. The van der Waals surface area contributed by atoms with E-state index in [4.69, 9.17) is 4.99 Å². The molecule has 1 aliphatic heterocycles. The highest BCUT2D eigenvalue weighted by Crippen LogP contribution is 2.18. The van der Waals surface area contributed by atoms with Crippen LogP contribution in [0.1, 0.15) is 60.3 Å². The minimum absolute atomic E-state index is 0.602. The van der Waals surface area contributed by atoms with E-state index >= 15 is 0 Å². The number of nitrogens with zero attached hydrogens (tertiary/aromatic N) is 3. The van der Waals surface area contributed by atoms with E-state index in [1.165, 1.54) is 32.4 Å². The van der Waals surface area contributed by atoms with Crippen LogP contribution in [0.4, 0.5) is 0 Å². The third kappa shape index (κ3) is 9.45. The second kappa shape index (κ2) is 12.5. The molecule has 5 nitrogen and oxygen atoms in total. The van der Waals surface area contributed by atoms with Crippen LogP contribution in [0, 0.1) is 5.92 Å². The normalized spacial score (nSPS) is 17.7. The van der Waals surface area contributed by atoms with Gasteiger partial charge >= 0.3 is 0 Å². The maximum absolute atomic E-state index is 4.76. The third-order valence-electron chi connectivity index (χ3n) is 5.20. The summed E-state index contributed by atoms with van der Waals surface area (Å²) in [4.78, 5) is 9.73. The average molecular weight is 354 g/mol. The Morgan fingerprint density at radius 3 is 2.32 bits per heavy atom. The van der Waals surface area contributed by atoms with E-state index in [2.05, 4.69) is 62.1 Å². The van der Waals surface area contributed by atoms with Gasteiger partial charge < -0.3 is 15.5 Å². The highest BCUT2D eigenvalue weighted by Gasteiger charge is 2.16. The lowest BCUT2D eigenvalue weighted by atomic mass is 9.94. The van der Waals surface area contributed by atoms with E-state index in [1.807, 2.05) is 0 Å². The summed E-state index contributed by atoms with van der Waals surface area (Å²) in [6.45, 7) is 17.7. The maximum Gasteiger partial charge on any atom is 0.191 e. The summed E-state index contributed by atoms with van der Waals surface area (Å²) in [7, 11) is 2.23. The lowest BCUT2D eigenvalue weighted by molar-refractivity contribution is 0.174. The summed E-state index contributed by atoms with van der Waals surface area (Å²) in [6, 6.07) is 1.20. The number of hydrogen-bond donors (Lipinski definition) is 2. The minimum Gasteiger partial charge on any atom is -0.357 e. The first-order valence-electron chi connectivity index (χ1n) is 10.4. The summed E-state index contributed by atoms with van der Waals surface area (Å²) >= 11 is 0. The van der Waals surface area contributed by atoms with Gasteiger partial charge in [-0.15, -0.1) is 0 Å². The van der Waals surface area contributed by atoms with Crippen molar-refractivity contribution in [3.05, 3.63) is 0 Å². The Labute approximate surface area is 156 Å². The monoisotopic (exact) mass is 353 g/mol. The molecule has 0 aromatic carbocycles. The number of hydrogen-bond acceptors (Lipinski definition) is 3. The molecule has 1 heterocycles. The molecule has 0 aliphatic carbocycles. The number of guanidine groups is 1. The first-order chi connectivity index (χ1) is 11.9. The first-order valence-corrected chi connectivity index (χ1v) is 10.4. The molecule has 0 atom stereocenters. The second-order valence-corrected chi connectivity index (χ2v) is 8.00. The van der Waals surface area contributed by atoms with E-state index in [0.29, 0.717) is 12.1 Å². The number of piperidine rings is 1. The molecule has 0 spiro atoms. The Balaban J connectivity index is 2.28. The van der Waals surface area contributed by atoms with Crippen LogP contribution in [0.25, 0.3) is 0 Å². The molecule has 0 aromatic rings. The van der Waals surface area contributed by atoms with Crippen LogP contribution >= 0.6 is 0 Å². The van der Waals surface area contributed by atoms with Crippen LogP contribution in [0.3, 0.4) is 0 Å². The van der Waals surface area contributed by atoms with Gasteiger partial charge in [-0.05, 0) is 86.4 Å². The molecule has 1 aliphatic rings. The van der Waals surface area contributed by atoms with Gasteiger partial charge in [-0.25, -0.2) is 0 Å². The topological polar surface area (TPSA) is 42.9 Å². The van der Waals surface area contributed by atoms with Gasteiger partial charge in [0.1, 0.15) is 0 Å². The fourth-order valence-corrected chi connectivity index (χ4v) is 3.64. The molecule has 1 rings (SSSR count). The van der Waals surface area contributed by atoms with Crippen molar-refractivity contribution in [1.82, 2.24) is 20.4 Å². The number of nitrogens with one attached hydrogen (secondary N) is 2. The van der Waals surface area contributed by atoms with Crippen molar-refractivity contribution in [3.8, 4) is 0 Å². The Morgan fingerprint density at radius 2 is 1.76 bits per heavy atom. The van der Waals surface area contributed by atoms with Gasteiger partial charge in [0.15, 0.2) is 5.96 Å². The molecule has 0 aromatic heterocycles. The molecule has 148 valence electrons. The Kier molecular flexibility index (Phi) is 11.1. The second-order valence-electron chi connectivity index (χ2n) is 8.00. The largest absolute Gasteiger partial charge is 0.357 e. The van der Waals surface area contributed by atoms with Crippen LogP contribution in [-0.2, 0) is 0 Å². The highest BCUT2D eigenvalue weighted by atomic mass is 15.2. The predicted molar refractivity (Wildman–Crippen MR) is 110 cm³/mol. The molecule has 0 radical (unpaired) electrons. The van der Waals surface area contributed by atoms with Crippen molar-refractivity contribution in [2.45, 2.75) is 72.4 Å². The van der Waals surface area contributed by atoms with Gasteiger partial charge in [-0.2, -0.15) is 0 Å². The lowest BCUT2D eigenvalue weighted by Gasteiger charge is -2.30. The zero-order chi connectivity index (χ0) is 18.7. The van der Waals surface area contributed by atoms with Crippen molar-refractivity contribution in [1.29, 1.82) is 0 Å². The number of aliphatic imine (C=N–C) groups is 1. The smallest absolute Gasteiger partial charge is 0.191 e. The molecule has 2 N–H and O–H groups in total. The van der Waals surface area contributed by atoms with Gasteiger partial charge in [0.25, 0.3) is 0 Å².